The summed E-state index contributed by atoms with van der Waals surface area (Å²) in [5.41, 5.74) is 0.297. The largest absolute Gasteiger partial charge is 0.244 e. The lowest BCUT2D eigenvalue weighted by molar-refractivity contribution is 0.222. The summed E-state index contributed by atoms with van der Waals surface area (Å²) < 4.78 is 26.9. The van der Waals surface area contributed by atoms with Gasteiger partial charge in [0, 0.05) is 13.1 Å². The van der Waals surface area contributed by atoms with Gasteiger partial charge in [0.25, 0.3) is 0 Å². The molecule has 20 heavy (non-hydrogen) atoms. The number of hydrogen-bond donors (Lipinski definition) is 0. The second-order valence-electron chi connectivity index (χ2n) is 5.53. The van der Waals surface area contributed by atoms with Crippen LogP contribution in [0.4, 0.5) is 0 Å². The Balaban J connectivity index is 2.42. The molecular weight excluding hydrogens is 296 g/mol. The molecule has 0 aromatic heterocycles. The van der Waals surface area contributed by atoms with E-state index in [1.807, 2.05) is 19.9 Å². The van der Waals surface area contributed by atoms with Gasteiger partial charge in [0.2, 0.25) is 10.0 Å². The fourth-order valence-corrected chi connectivity index (χ4v) is 4.89. The number of rotatable bonds is 2. The van der Waals surface area contributed by atoms with Crippen LogP contribution in [0.3, 0.4) is 0 Å². The van der Waals surface area contributed by atoms with E-state index >= 15 is 0 Å². The zero-order valence-electron chi connectivity index (χ0n) is 11.5. The van der Waals surface area contributed by atoms with Crippen molar-refractivity contribution in [3.8, 4) is 6.07 Å². The third kappa shape index (κ3) is 2.98. The Kier molecular flexibility index (Phi) is 4.38. The lowest BCUT2D eigenvalue weighted by atomic mass is 9.94. The Morgan fingerprint density at radius 2 is 1.90 bits per heavy atom. The van der Waals surface area contributed by atoms with E-state index in [2.05, 4.69) is 0 Å². The molecule has 1 aromatic carbocycles. The normalized spacial score (nSPS) is 24.3. The smallest absolute Gasteiger partial charge is 0.207 e. The Morgan fingerprint density at radius 1 is 1.30 bits per heavy atom. The number of piperidine rings is 1. The van der Waals surface area contributed by atoms with E-state index in [-0.39, 0.29) is 9.92 Å². The summed E-state index contributed by atoms with van der Waals surface area (Å²) in [7, 11) is -3.64. The van der Waals surface area contributed by atoms with Gasteiger partial charge in [-0.15, -0.1) is 0 Å². The second-order valence-corrected chi connectivity index (χ2v) is 7.84. The lowest BCUT2D eigenvalue weighted by Gasteiger charge is -2.34. The van der Waals surface area contributed by atoms with Gasteiger partial charge in [-0.25, -0.2) is 8.42 Å². The van der Waals surface area contributed by atoms with Crippen LogP contribution in [-0.4, -0.2) is 25.8 Å². The molecule has 6 heteroatoms. The van der Waals surface area contributed by atoms with Gasteiger partial charge in [-0.2, -0.15) is 9.57 Å². The number of hydrogen-bond acceptors (Lipinski definition) is 3. The first-order valence-electron chi connectivity index (χ1n) is 6.54. The SMILES string of the molecule is CC1CC(C)CN(S(=O)(=O)c2cc(C#N)ccc2Cl)C1. The number of nitriles is 1. The van der Waals surface area contributed by atoms with Crippen molar-refractivity contribution < 1.29 is 8.42 Å². The fraction of sp³-hybridized carbons (Fsp3) is 0.500. The first-order valence-corrected chi connectivity index (χ1v) is 8.36. The summed E-state index contributed by atoms with van der Waals surface area (Å²) in [5.74, 6) is 0.651. The molecule has 0 aliphatic carbocycles. The third-order valence-corrected chi connectivity index (χ3v) is 5.83. The minimum atomic E-state index is -3.64. The van der Waals surface area contributed by atoms with Crippen molar-refractivity contribution in [2.45, 2.75) is 25.2 Å². The number of benzene rings is 1. The van der Waals surface area contributed by atoms with Gasteiger partial charge in [0.05, 0.1) is 16.7 Å². The monoisotopic (exact) mass is 312 g/mol. The predicted octanol–water partition coefficient (Wildman–Crippen LogP) is 2.88. The van der Waals surface area contributed by atoms with Gasteiger partial charge >= 0.3 is 0 Å². The van der Waals surface area contributed by atoms with Crippen LogP contribution < -0.4 is 0 Å². The highest BCUT2D eigenvalue weighted by Crippen LogP contribution is 2.30. The molecule has 1 aliphatic rings. The molecule has 1 aliphatic heterocycles. The van der Waals surface area contributed by atoms with Crippen LogP contribution in [-0.2, 0) is 10.0 Å². The summed E-state index contributed by atoms with van der Waals surface area (Å²) in [6.45, 7) is 5.09. The maximum absolute atomic E-state index is 12.7. The van der Waals surface area contributed by atoms with Crippen LogP contribution in [0, 0.1) is 23.2 Å². The third-order valence-electron chi connectivity index (χ3n) is 3.51. The highest BCUT2D eigenvalue weighted by molar-refractivity contribution is 7.89. The van der Waals surface area contributed by atoms with E-state index in [1.165, 1.54) is 22.5 Å². The molecule has 1 fully saturated rings. The maximum Gasteiger partial charge on any atom is 0.244 e. The Morgan fingerprint density at radius 3 is 2.45 bits per heavy atom. The van der Waals surface area contributed by atoms with Crippen LogP contribution in [0.2, 0.25) is 5.02 Å². The van der Waals surface area contributed by atoms with E-state index in [1.54, 1.807) is 0 Å². The first kappa shape index (κ1) is 15.3. The van der Waals surface area contributed by atoms with E-state index < -0.39 is 10.0 Å². The van der Waals surface area contributed by atoms with Gasteiger partial charge in [-0.05, 0) is 36.5 Å². The van der Waals surface area contributed by atoms with Crippen LogP contribution >= 0.6 is 11.6 Å². The molecule has 0 N–H and O–H groups in total. The van der Waals surface area contributed by atoms with Gasteiger partial charge < -0.3 is 0 Å². The number of sulfonamides is 1. The van der Waals surface area contributed by atoms with E-state index in [0.717, 1.165) is 6.42 Å². The standard InChI is InChI=1S/C14H17ClN2O2S/c1-10-5-11(2)9-17(8-10)20(18,19)14-6-12(7-16)3-4-13(14)15/h3-4,6,10-11H,5,8-9H2,1-2H3. The van der Waals surface area contributed by atoms with Crippen molar-refractivity contribution in [2.75, 3.05) is 13.1 Å². The van der Waals surface area contributed by atoms with E-state index in [9.17, 15) is 8.42 Å². The summed E-state index contributed by atoms with van der Waals surface area (Å²) in [6, 6.07) is 6.27. The molecule has 2 unspecified atom stereocenters. The van der Waals surface area contributed by atoms with Gasteiger partial charge in [-0.1, -0.05) is 25.4 Å². The highest BCUT2D eigenvalue weighted by atomic mass is 35.5. The molecule has 0 spiro atoms. The summed E-state index contributed by atoms with van der Waals surface area (Å²) in [6.07, 6.45) is 1.03. The molecule has 1 aromatic rings. The van der Waals surface area contributed by atoms with Gasteiger partial charge in [0.1, 0.15) is 4.90 Å². The lowest BCUT2D eigenvalue weighted by Crippen LogP contribution is -2.42. The van der Waals surface area contributed by atoms with Crippen molar-refractivity contribution in [3.05, 3.63) is 28.8 Å². The van der Waals surface area contributed by atoms with Crippen LogP contribution in [0.1, 0.15) is 25.8 Å². The Labute approximate surface area is 125 Å². The van der Waals surface area contributed by atoms with Crippen molar-refractivity contribution in [1.82, 2.24) is 4.31 Å². The van der Waals surface area contributed by atoms with E-state index in [4.69, 9.17) is 16.9 Å². The summed E-state index contributed by atoms with van der Waals surface area (Å²) in [4.78, 5) is 0.0273. The van der Waals surface area contributed by atoms with Gasteiger partial charge in [-0.3, -0.25) is 0 Å². The Hall–Kier alpha value is -1.09. The number of halogens is 1. The average molecular weight is 313 g/mol. The summed E-state index contributed by atoms with van der Waals surface area (Å²) >= 11 is 6.01. The minimum absolute atomic E-state index is 0.0273. The topological polar surface area (TPSA) is 61.2 Å². The van der Waals surface area contributed by atoms with Crippen LogP contribution in [0.25, 0.3) is 0 Å². The molecular formula is C14H17ClN2O2S. The van der Waals surface area contributed by atoms with Crippen LogP contribution in [0.15, 0.2) is 23.1 Å². The highest BCUT2D eigenvalue weighted by Gasteiger charge is 2.33. The maximum atomic E-state index is 12.7. The molecule has 2 rings (SSSR count). The van der Waals surface area contributed by atoms with Gasteiger partial charge in [0.15, 0.2) is 0 Å². The predicted molar refractivity (Wildman–Crippen MR) is 77.9 cm³/mol. The zero-order chi connectivity index (χ0) is 14.9. The molecule has 0 amide bonds. The van der Waals surface area contributed by atoms with Crippen molar-refractivity contribution in [1.29, 1.82) is 5.26 Å². The van der Waals surface area contributed by atoms with Crippen molar-refractivity contribution in [3.63, 3.8) is 0 Å². The number of nitrogens with zero attached hydrogens (tertiary/aromatic N) is 2. The van der Waals surface area contributed by atoms with Crippen molar-refractivity contribution >= 4 is 21.6 Å². The molecule has 4 nitrogen and oxygen atoms in total. The molecule has 1 saturated heterocycles. The molecule has 1 heterocycles. The van der Waals surface area contributed by atoms with Crippen LogP contribution in [0.5, 0.6) is 0 Å². The first-order chi connectivity index (χ1) is 9.34. The van der Waals surface area contributed by atoms with Crippen molar-refractivity contribution in [2.24, 2.45) is 11.8 Å². The Bertz CT molecular complexity index is 642. The second kappa shape index (κ2) is 5.72. The zero-order valence-corrected chi connectivity index (χ0v) is 13.1. The van der Waals surface area contributed by atoms with E-state index in [0.29, 0.717) is 30.5 Å². The quantitative estimate of drug-likeness (QED) is 0.843. The molecule has 0 saturated carbocycles. The molecule has 108 valence electrons. The minimum Gasteiger partial charge on any atom is -0.207 e. The molecule has 0 bridgehead atoms. The molecule has 0 radical (unpaired) electrons. The summed E-state index contributed by atoms with van der Waals surface area (Å²) in [5, 5.41) is 9.07. The fourth-order valence-electron chi connectivity index (χ4n) is 2.71. The molecule has 2 atom stereocenters. The average Bonchev–Trinajstić information content (AvgIpc) is 2.38.